The molecule has 1 aromatic carbocycles. The number of hydrogen-bond acceptors (Lipinski definition) is 2. The molecule has 0 bridgehead atoms. The number of carboxylic acid groups (broad SMARTS) is 1. The maximum atomic E-state index is 10.8. The van der Waals surface area contributed by atoms with Gasteiger partial charge in [-0.3, -0.25) is 0 Å². The van der Waals surface area contributed by atoms with Crippen molar-refractivity contribution in [3.8, 4) is 0 Å². The molecule has 2 aromatic rings. The second-order valence-electron chi connectivity index (χ2n) is 5.19. The van der Waals surface area contributed by atoms with Crippen LogP contribution >= 0.6 is 0 Å². The lowest BCUT2D eigenvalue weighted by molar-refractivity contribution is 0.0690. The summed E-state index contributed by atoms with van der Waals surface area (Å²) in [5.74, 6) is -0.994. The van der Waals surface area contributed by atoms with Gasteiger partial charge in [0.1, 0.15) is 5.69 Å². The molecule has 1 heterocycles. The van der Waals surface area contributed by atoms with Gasteiger partial charge in [-0.2, -0.15) is 0 Å². The number of nitrogens with zero attached hydrogens (tertiary/aromatic N) is 1. The Balaban J connectivity index is 2.58. The fourth-order valence-corrected chi connectivity index (χ4v) is 1.73. The fraction of sp³-hybridized carbons (Fsp3) is 0.286. The number of benzene rings is 1. The standard InChI is InChI=1S/C14H15NO2/c1-14(2,3)11-5-4-9-7-12(13(16)17)15-8-10(9)6-11/h4-8H,1-3H3,(H,16,17). The lowest BCUT2D eigenvalue weighted by atomic mass is 9.86. The van der Waals surface area contributed by atoms with E-state index in [4.69, 9.17) is 5.11 Å². The topological polar surface area (TPSA) is 50.2 Å². The minimum Gasteiger partial charge on any atom is -0.477 e. The van der Waals surface area contributed by atoms with Gasteiger partial charge in [0.2, 0.25) is 0 Å². The van der Waals surface area contributed by atoms with Gasteiger partial charge in [0.15, 0.2) is 0 Å². The maximum Gasteiger partial charge on any atom is 0.354 e. The van der Waals surface area contributed by atoms with Crippen LogP contribution in [0.25, 0.3) is 10.8 Å². The third kappa shape index (κ3) is 2.28. The second kappa shape index (κ2) is 3.84. The van der Waals surface area contributed by atoms with Crippen LogP contribution in [0.1, 0.15) is 36.8 Å². The smallest absolute Gasteiger partial charge is 0.354 e. The Labute approximate surface area is 100 Å². The molecule has 1 aromatic heterocycles. The Morgan fingerprint density at radius 3 is 2.47 bits per heavy atom. The molecule has 0 saturated heterocycles. The zero-order valence-corrected chi connectivity index (χ0v) is 10.2. The largest absolute Gasteiger partial charge is 0.477 e. The van der Waals surface area contributed by atoms with Crippen molar-refractivity contribution in [1.29, 1.82) is 0 Å². The molecule has 0 aliphatic rings. The van der Waals surface area contributed by atoms with E-state index in [2.05, 4.69) is 31.8 Å². The number of carboxylic acids is 1. The number of carbonyl (C=O) groups is 1. The van der Waals surface area contributed by atoms with Gasteiger partial charge in [-0.25, -0.2) is 9.78 Å². The first-order valence-electron chi connectivity index (χ1n) is 5.51. The van der Waals surface area contributed by atoms with Gasteiger partial charge >= 0.3 is 5.97 Å². The van der Waals surface area contributed by atoms with Crippen molar-refractivity contribution in [3.05, 3.63) is 41.7 Å². The first-order chi connectivity index (χ1) is 7.88. The van der Waals surface area contributed by atoms with E-state index in [1.54, 1.807) is 12.3 Å². The summed E-state index contributed by atoms with van der Waals surface area (Å²) in [7, 11) is 0. The molecule has 0 aliphatic heterocycles. The van der Waals surface area contributed by atoms with Crippen LogP contribution in [0.5, 0.6) is 0 Å². The Bertz CT molecular complexity index is 582. The Morgan fingerprint density at radius 1 is 1.18 bits per heavy atom. The van der Waals surface area contributed by atoms with Crippen molar-refractivity contribution in [3.63, 3.8) is 0 Å². The zero-order valence-electron chi connectivity index (χ0n) is 10.2. The summed E-state index contributed by atoms with van der Waals surface area (Å²) in [6.07, 6.45) is 1.62. The fourth-order valence-electron chi connectivity index (χ4n) is 1.73. The van der Waals surface area contributed by atoms with Crippen molar-refractivity contribution >= 4 is 16.7 Å². The summed E-state index contributed by atoms with van der Waals surface area (Å²) >= 11 is 0. The lowest BCUT2D eigenvalue weighted by Crippen LogP contribution is -2.10. The minimum atomic E-state index is -0.994. The highest BCUT2D eigenvalue weighted by Gasteiger charge is 2.14. The SMILES string of the molecule is CC(C)(C)c1ccc2cc(C(=O)O)ncc2c1. The van der Waals surface area contributed by atoms with Crippen molar-refractivity contribution in [2.24, 2.45) is 0 Å². The van der Waals surface area contributed by atoms with Crippen LogP contribution in [-0.2, 0) is 5.41 Å². The minimum absolute atomic E-state index is 0.0830. The predicted molar refractivity (Wildman–Crippen MR) is 67.4 cm³/mol. The van der Waals surface area contributed by atoms with Crippen molar-refractivity contribution in [2.75, 3.05) is 0 Å². The molecular weight excluding hydrogens is 214 g/mol. The van der Waals surface area contributed by atoms with E-state index in [1.165, 1.54) is 5.56 Å². The van der Waals surface area contributed by atoms with Gasteiger partial charge in [0, 0.05) is 11.6 Å². The summed E-state index contributed by atoms with van der Waals surface area (Å²) in [6.45, 7) is 6.44. The van der Waals surface area contributed by atoms with Crippen LogP contribution in [0.2, 0.25) is 0 Å². The number of aromatic nitrogens is 1. The normalized spacial score (nSPS) is 11.7. The molecule has 0 atom stereocenters. The van der Waals surface area contributed by atoms with Crippen LogP contribution in [0, 0.1) is 0 Å². The Hall–Kier alpha value is -1.90. The number of fused-ring (bicyclic) bond motifs is 1. The first-order valence-corrected chi connectivity index (χ1v) is 5.51. The van der Waals surface area contributed by atoms with Crippen molar-refractivity contribution in [1.82, 2.24) is 4.98 Å². The summed E-state index contributed by atoms with van der Waals surface area (Å²) in [5.41, 5.74) is 1.38. The monoisotopic (exact) mass is 229 g/mol. The molecule has 0 saturated carbocycles. The molecule has 3 heteroatoms. The average molecular weight is 229 g/mol. The van der Waals surface area contributed by atoms with Gasteiger partial charge in [-0.05, 0) is 28.5 Å². The Morgan fingerprint density at radius 2 is 1.88 bits per heavy atom. The van der Waals surface area contributed by atoms with Crippen LogP contribution in [0.15, 0.2) is 30.5 Å². The second-order valence-corrected chi connectivity index (χ2v) is 5.19. The molecule has 17 heavy (non-hydrogen) atoms. The number of pyridine rings is 1. The Kier molecular flexibility index (Phi) is 2.62. The summed E-state index contributed by atoms with van der Waals surface area (Å²) in [4.78, 5) is 14.7. The molecule has 0 aliphatic carbocycles. The van der Waals surface area contributed by atoms with E-state index >= 15 is 0 Å². The average Bonchev–Trinajstić information content (AvgIpc) is 2.26. The highest BCUT2D eigenvalue weighted by molar-refractivity contribution is 5.92. The van der Waals surface area contributed by atoms with Crippen LogP contribution in [-0.4, -0.2) is 16.1 Å². The number of hydrogen-bond donors (Lipinski definition) is 1. The van der Waals surface area contributed by atoms with Gasteiger partial charge in [-0.1, -0.05) is 32.9 Å². The van der Waals surface area contributed by atoms with Gasteiger partial charge in [-0.15, -0.1) is 0 Å². The molecule has 88 valence electrons. The molecule has 1 N–H and O–H groups in total. The lowest BCUT2D eigenvalue weighted by Gasteiger charge is -2.19. The zero-order chi connectivity index (χ0) is 12.6. The number of aromatic carboxylic acids is 1. The van der Waals surface area contributed by atoms with E-state index in [-0.39, 0.29) is 11.1 Å². The summed E-state index contributed by atoms with van der Waals surface area (Å²) < 4.78 is 0. The van der Waals surface area contributed by atoms with Crippen LogP contribution in [0.4, 0.5) is 0 Å². The van der Waals surface area contributed by atoms with Gasteiger partial charge in [0.25, 0.3) is 0 Å². The molecule has 2 rings (SSSR count). The van der Waals surface area contributed by atoms with Crippen LogP contribution in [0.3, 0.4) is 0 Å². The molecule has 0 radical (unpaired) electrons. The molecule has 0 spiro atoms. The van der Waals surface area contributed by atoms with E-state index in [1.807, 2.05) is 12.1 Å². The summed E-state index contributed by atoms with van der Waals surface area (Å²) in [5, 5.41) is 10.7. The van der Waals surface area contributed by atoms with E-state index < -0.39 is 5.97 Å². The summed E-state index contributed by atoms with van der Waals surface area (Å²) in [6, 6.07) is 7.65. The third-order valence-corrected chi connectivity index (χ3v) is 2.81. The van der Waals surface area contributed by atoms with Crippen molar-refractivity contribution in [2.45, 2.75) is 26.2 Å². The molecule has 0 amide bonds. The van der Waals surface area contributed by atoms with Gasteiger partial charge < -0.3 is 5.11 Å². The van der Waals surface area contributed by atoms with E-state index in [0.29, 0.717) is 0 Å². The molecule has 0 unspecified atom stereocenters. The van der Waals surface area contributed by atoms with Crippen LogP contribution < -0.4 is 0 Å². The highest BCUT2D eigenvalue weighted by atomic mass is 16.4. The van der Waals surface area contributed by atoms with E-state index in [9.17, 15) is 4.79 Å². The van der Waals surface area contributed by atoms with Gasteiger partial charge in [0.05, 0.1) is 0 Å². The third-order valence-electron chi connectivity index (χ3n) is 2.81. The molecule has 3 nitrogen and oxygen atoms in total. The number of rotatable bonds is 1. The highest BCUT2D eigenvalue weighted by Crippen LogP contribution is 2.25. The maximum absolute atomic E-state index is 10.8. The van der Waals surface area contributed by atoms with E-state index in [0.717, 1.165) is 10.8 Å². The molecule has 0 fully saturated rings. The first kappa shape index (κ1) is 11.6. The van der Waals surface area contributed by atoms with Crippen molar-refractivity contribution < 1.29 is 9.90 Å². The molecular formula is C14H15NO2. The predicted octanol–water partition coefficient (Wildman–Crippen LogP) is 3.23. The quantitative estimate of drug-likeness (QED) is 0.816.